The molecule has 0 saturated heterocycles. The van der Waals surface area contributed by atoms with Crippen molar-refractivity contribution in [1.29, 1.82) is 0 Å². The number of ketones is 1. The zero-order valence-corrected chi connectivity index (χ0v) is 19.0. The maximum atomic E-state index is 11.8. The number of aliphatic hydroxyl groups excluding tert-OH is 1. The SMILES string of the molecule is CC(=O)[C@@H](C)C[C@@H](C)[C@H]1CCC2C3CC[C@@H]4C[C@H](O)CC[C@]4(C)C3CC[C@@]21C. The third-order valence-corrected chi connectivity index (χ3v) is 10.8. The van der Waals surface area contributed by atoms with Crippen LogP contribution in [0.1, 0.15) is 98.8 Å². The molecule has 28 heavy (non-hydrogen) atoms. The lowest BCUT2D eigenvalue weighted by Crippen LogP contribution is -2.54. The highest BCUT2D eigenvalue weighted by atomic mass is 16.3. The van der Waals surface area contributed by atoms with Crippen LogP contribution < -0.4 is 0 Å². The summed E-state index contributed by atoms with van der Waals surface area (Å²) < 4.78 is 0. The van der Waals surface area contributed by atoms with Gasteiger partial charge in [-0.1, -0.05) is 27.7 Å². The molecule has 4 fully saturated rings. The quantitative estimate of drug-likeness (QED) is 0.617. The second-order valence-electron chi connectivity index (χ2n) is 12.0. The van der Waals surface area contributed by atoms with Crippen molar-refractivity contribution in [2.75, 3.05) is 0 Å². The standard InChI is InChI=1S/C26H44O2/c1-16(18(3)27)14-17(2)22-8-9-23-21-7-6-19-15-20(28)10-12-25(19,4)24(21)11-13-26(22,23)5/h16-17,19-24,28H,6-15H2,1-5H3/t16-,17+,19+,20+,21?,22+,23?,24?,25-,26+/m0/s1. The van der Waals surface area contributed by atoms with E-state index >= 15 is 0 Å². The van der Waals surface area contributed by atoms with E-state index in [9.17, 15) is 9.90 Å². The largest absolute Gasteiger partial charge is 0.393 e. The van der Waals surface area contributed by atoms with Crippen LogP contribution in [0.15, 0.2) is 0 Å². The third kappa shape index (κ3) is 3.21. The minimum absolute atomic E-state index is 0.0385. The highest BCUT2D eigenvalue weighted by Crippen LogP contribution is 2.68. The molecule has 3 unspecified atom stereocenters. The van der Waals surface area contributed by atoms with Crippen LogP contribution in [-0.4, -0.2) is 17.0 Å². The van der Waals surface area contributed by atoms with Crippen molar-refractivity contribution in [2.45, 2.75) is 105 Å². The van der Waals surface area contributed by atoms with E-state index in [-0.39, 0.29) is 12.0 Å². The highest BCUT2D eigenvalue weighted by molar-refractivity contribution is 5.77. The molecule has 0 aliphatic heterocycles. The Balaban J connectivity index is 1.51. The Morgan fingerprint density at radius 2 is 1.64 bits per heavy atom. The van der Waals surface area contributed by atoms with Gasteiger partial charge in [0.05, 0.1) is 6.10 Å². The van der Waals surface area contributed by atoms with E-state index in [1.54, 1.807) is 6.92 Å². The molecule has 0 heterocycles. The van der Waals surface area contributed by atoms with Crippen molar-refractivity contribution in [3.63, 3.8) is 0 Å². The summed E-state index contributed by atoms with van der Waals surface area (Å²) in [6.45, 7) is 11.5. The first kappa shape index (κ1) is 20.9. The zero-order chi connectivity index (χ0) is 20.3. The van der Waals surface area contributed by atoms with Crippen molar-refractivity contribution >= 4 is 5.78 Å². The molecule has 0 amide bonds. The van der Waals surface area contributed by atoms with E-state index in [0.29, 0.717) is 22.5 Å². The van der Waals surface area contributed by atoms with Gasteiger partial charge in [0, 0.05) is 5.92 Å². The number of fused-ring (bicyclic) bond motifs is 5. The normalized spacial score (nSPS) is 50.2. The molecule has 4 saturated carbocycles. The van der Waals surface area contributed by atoms with E-state index in [1.165, 1.54) is 44.9 Å². The van der Waals surface area contributed by atoms with Crippen molar-refractivity contribution in [2.24, 2.45) is 52.3 Å². The Kier molecular flexibility index (Phi) is 5.52. The minimum atomic E-state index is -0.0385. The van der Waals surface area contributed by atoms with Crippen LogP contribution in [-0.2, 0) is 4.79 Å². The lowest BCUT2D eigenvalue weighted by Gasteiger charge is -2.61. The Hall–Kier alpha value is -0.370. The predicted octanol–water partition coefficient (Wildman–Crippen LogP) is 6.26. The van der Waals surface area contributed by atoms with Crippen LogP contribution in [0.5, 0.6) is 0 Å². The fraction of sp³-hybridized carbons (Fsp3) is 0.962. The second kappa shape index (κ2) is 7.40. The summed E-state index contributed by atoms with van der Waals surface area (Å²) in [6, 6.07) is 0. The van der Waals surface area contributed by atoms with Gasteiger partial charge in [0.2, 0.25) is 0 Å². The van der Waals surface area contributed by atoms with Gasteiger partial charge in [-0.25, -0.2) is 0 Å². The Morgan fingerprint density at radius 1 is 0.964 bits per heavy atom. The van der Waals surface area contributed by atoms with Gasteiger partial charge in [0.15, 0.2) is 0 Å². The van der Waals surface area contributed by atoms with Crippen molar-refractivity contribution in [1.82, 2.24) is 0 Å². The number of carbonyl (C=O) groups is 1. The number of hydrogen-bond donors (Lipinski definition) is 1. The monoisotopic (exact) mass is 388 g/mol. The summed E-state index contributed by atoms with van der Waals surface area (Å²) in [7, 11) is 0. The van der Waals surface area contributed by atoms with E-state index in [0.717, 1.165) is 48.9 Å². The first-order valence-corrected chi connectivity index (χ1v) is 12.3. The first-order chi connectivity index (χ1) is 13.2. The summed E-state index contributed by atoms with van der Waals surface area (Å²) in [6.07, 6.45) is 12.7. The molecule has 0 spiro atoms. The minimum Gasteiger partial charge on any atom is -0.393 e. The van der Waals surface area contributed by atoms with Crippen LogP contribution in [0.2, 0.25) is 0 Å². The van der Waals surface area contributed by atoms with Crippen LogP contribution in [0.4, 0.5) is 0 Å². The molecule has 4 rings (SSSR count). The molecule has 0 aromatic heterocycles. The fourth-order valence-corrected chi connectivity index (χ4v) is 9.10. The van der Waals surface area contributed by atoms with Crippen LogP contribution in [0, 0.1) is 52.3 Å². The number of rotatable bonds is 4. The Labute approximate surface area is 173 Å². The molecule has 4 aliphatic carbocycles. The average Bonchev–Trinajstić information content (AvgIpc) is 2.99. The van der Waals surface area contributed by atoms with Crippen LogP contribution in [0.25, 0.3) is 0 Å². The molecule has 0 bridgehead atoms. The van der Waals surface area contributed by atoms with Crippen molar-refractivity contribution < 1.29 is 9.90 Å². The van der Waals surface area contributed by atoms with Crippen LogP contribution >= 0.6 is 0 Å². The lowest BCUT2D eigenvalue weighted by molar-refractivity contribution is -0.130. The lowest BCUT2D eigenvalue weighted by atomic mass is 9.44. The summed E-state index contributed by atoms with van der Waals surface area (Å²) in [4.78, 5) is 11.8. The van der Waals surface area contributed by atoms with E-state index in [4.69, 9.17) is 0 Å². The van der Waals surface area contributed by atoms with Gasteiger partial charge in [0.1, 0.15) is 5.78 Å². The summed E-state index contributed by atoms with van der Waals surface area (Å²) in [5, 5.41) is 10.2. The van der Waals surface area contributed by atoms with Crippen molar-refractivity contribution in [3.05, 3.63) is 0 Å². The number of aliphatic hydroxyl groups is 1. The van der Waals surface area contributed by atoms with Gasteiger partial charge in [-0.2, -0.15) is 0 Å². The maximum absolute atomic E-state index is 11.8. The number of hydrogen-bond acceptors (Lipinski definition) is 2. The van der Waals surface area contributed by atoms with Gasteiger partial charge >= 0.3 is 0 Å². The first-order valence-electron chi connectivity index (χ1n) is 12.3. The van der Waals surface area contributed by atoms with Gasteiger partial charge in [-0.15, -0.1) is 0 Å². The van der Waals surface area contributed by atoms with Gasteiger partial charge in [0.25, 0.3) is 0 Å². The third-order valence-electron chi connectivity index (χ3n) is 10.8. The van der Waals surface area contributed by atoms with Crippen LogP contribution in [0.3, 0.4) is 0 Å². The molecule has 2 heteroatoms. The molecule has 2 nitrogen and oxygen atoms in total. The second-order valence-corrected chi connectivity index (χ2v) is 12.0. The molecule has 160 valence electrons. The molecule has 4 aliphatic rings. The Morgan fingerprint density at radius 3 is 2.36 bits per heavy atom. The molecular weight excluding hydrogens is 344 g/mol. The predicted molar refractivity (Wildman–Crippen MR) is 115 cm³/mol. The van der Waals surface area contributed by atoms with E-state index in [2.05, 4.69) is 27.7 Å². The smallest absolute Gasteiger partial charge is 0.132 e. The Bertz CT molecular complexity index is 599. The average molecular weight is 389 g/mol. The fourth-order valence-electron chi connectivity index (χ4n) is 9.10. The maximum Gasteiger partial charge on any atom is 0.132 e. The highest BCUT2D eigenvalue weighted by Gasteiger charge is 2.60. The summed E-state index contributed by atoms with van der Waals surface area (Å²) in [5.74, 6) is 5.52. The molecule has 10 atom stereocenters. The topological polar surface area (TPSA) is 37.3 Å². The number of Topliss-reactive ketones (excluding diaryl/α,β-unsaturated/α-hetero) is 1. The summed E-state index contributed by atoms with van der Waals surface area (Å²) >= 11 is 0. The van der Waals surface area contributed by atoms with Gasteiger partial charge in [-0.05, 0) is 117 Å². The number of carbonyl (C=O) groups excluding carboxylic acids is 1. The van der Waals surface area contributed by atoms with Crippen molar-refractivity contribution in [3.8, 4) is 0 Å². The molecule has 0 aromatic rings. The molecular formula is C26H44O2. The molecule has 0 radical (unpaired) electrons. The van der Waals surface area contributed by atoms with E-state index < -0.39 is 0 Å². The van der Waals surface area contributed by atoms with Gasteiger partial charge < -0.3 is 5.11 Å². The van der Waals surface area contributed by atoms with Gasteiger partial charge in [-0.3, -0.25) is 4.79 Å². The molecule has 1 N–H and O–H groups in total. The zero-order valence-electron chi connectivity index (χ0n) is 19.0. The van der Waals surface area contributed by atoms with E-state index in [1.807, 2.05) is 0 Å². The summed E-state index contributed by atoms with van der Waals surface area (Å²) in [5.41, 5.74) is 0.977. The molecule has 0 aromatic carbocycles.